The zero-order chi connectivity index (χ0) is 22.1. The van der Waals surface area contributed by atoms with Crippen LogP contribution in [-0.2, 0) is 20.1 Å². The number of rotatable bonds is 6. The van der Waals surface area contributed by atoms with E-state index in [1.807, 2.05) is 0 Å². The third kappa shape index (κ3) is 4.97. The number of hydrogen-bond acceptors (Lipinski definition) is 6. The van der Waals surface area contributed by atoms with E-state index in [0.717, 1.165) is 12.1 Å². The Labute approximate surface area is 183 Å². The number of ether oxygens (including phenoxy) is 1. The van der Waals surface area contributed by atoms with Gasteiger partial charge in [-0.1, -0.05) is 41.4 Å². The van der Waals surface area contributed by atoms with Gasteiger partial charge in [-0.15, -0.1) is 0 Å². The fourth-order valence-corrected chi connectivity index (χ4v) is 4.91. The van der Waals surface area contributed by atoms with Crippen molar-refractivity contribution in [2.75, 3.05) is 10.5 Å². The Morgan fingerprint density at radius 3 is 2.17 bits per heavy atom. The zero-order valence-corrected chi connectivity index (χ0v) is 18.1. The van der Waals surface area contributed by atoms with Crippen LogP contribution in [0.3, 0.4) is 0 Å². The topological polar surface area (TPSA) is 136 Å². The van der Waals surface area contributed by atoms with Crippen LogP contribution in [0.1, 0.15) is 0 Å². The van der Waals surface area contributed by atoms with E-state index in [4.69, 9.17) is 33.7 Å². The largest absolute Gasteiger partial charge is 0.456 e. The molecule has 0 radical (unpaired) electrons. The van der Waals surface area contributed by atoms with Crippen molar-refractivity contribution in [3.8, 4) is 11.5 Å². The lowest BCUT2D eigenvalue weighted by molar-refractivity contribution is 0.450. The average molecular weight is 489 g/mol. The molecule has 12 heteroatoms. The first kappa shape index (κ1) is 22.2. The van der Waals surface area contributed by atoms with Crippen LogP contribution in [0.15, 0.2) is 70.5 Å². The summed E-state index contributed by atoms with van der Waals surface area (Å²) in [5, 5.41) is -0.201. The van der Waals surface area contributed by atoms with Crippen molar-refractivity contribution in [2.24, 2.45) is 0 Å². The van der Waals surface area contributed by atoms with Gasteiger partial charge in [0.15, 0.2) is 0 Å². The summed E-state index contributed by atoms with van der Waals surface area (Å²) in [6, 6.07) is 13.9. The highest BCUT2D eigenvalue weighted by atomic mass is 35.5. The number of nitrogen functional groups attached to an aromatic ring is 1. The third-order valence-corrected chi connectivity index (χ3v) is 6.83. The van der Waals surface area contributed by atoms with Gasteiger partial charge in [-0.3, -0.25) is 9.27 Å². The summed E-state index contributed by atoms with van der Waals surface area (Å²) >= 11 is 11.8. The van der Waals surface area contributed by atoms with E-state index < -0.39 is 25.0 Å². The van der Waals surface area contributed by atoms with Crippen LogP contribution >= 0.6 is 23.2 Å². The molecule has 0 aliphatic rings. The molecule has 0 atom stereocenters. The lowest BCUT2D eigenvalue weighted by Gasteiger charge is -2.14. The van der Waals surface area contributed by atoms with Crippen molar-refractivity contribution in [3.63, 3.8) is 0 Å². The Morgan fingerprint density at radius 1 is 0.867 bits per heavy atom. The summed E-state index contributed by atoms with van der Waals surface area (Å²) in [4.78, 5) is -0.991. The monoisotopic (exact) mass is 488 g/mol. The third-order valence-electron chi connectivity index (χ3n) is 3.79. The maximum atomic E-state index is 12.7. The van der Waals surface area contributed by atoms with Crippen molar-refractivity contribution in [1.82, 2.24) is 0 Å². The van der Waals surface area contributed by atoms with E-state index in [1.54, 1.807) is 30.3 Å². The molecule has 30 heavy (non-hydrogen) atoms. The Kier molecular flexibility index (Phi) is 6.16. The second-order valence-corrected chi connectivity index (χ2v) is 9.82. The molecule has 8 nitrogen and oxygen atoms in total. The highest BCUT2D eigenvalue weighted by Gasteiger charge is 2.23. The zero-order valence-electron chi connectivity index (χ0n) is 14.9. The van der Waals surface area contributed by atoms with E-state index in [0.29, 0.717) is 5.75 Å². The molecule has 158 valence electrons. The molecule has 0 heterocycles. The molecule has 0 aliphatic carbocycles. The van der Waals surface area contributed by atoms with Crippen molar-refractivity contribution in [2.45, 2.75) is 9.79 Å². The second kappa shape index (κ2) is 8.32. The number of anilines is 2. The molecular weight excluding hydrogens is 475 g/mol. The molecule has 0 amide bonds. The van der Waals surface area contributed by atoms with Gasteiger partial charge in [0.05, 0.1) is 21.4 Å². The maximum Gasteiger partial charge on any atom is 0.298 e. The van der Waals surface area contributed by atoms with Crippen LogP contribution in [0.2, 0.25) is 10.0 Å². The summed E-state index contributed by atoms with van der Waals surface area (Å²) in [5.41, 5.74) is 5.53. The number of para-hydroxylation sites is 1. The van der Waals surface area contributed by atoms with E-state index >= 15 is 0 Å². The number of benzene rings is 3. The van der Waals surface area contributed by atoms with Crippen molar-refractivity contribution < 1.29 is 26.1 Å². The quantitative estimate of drug-likeness (QED) is 0.345. The first-order valence-electron chi connectivity index (χ1n) is 8.09. The van der Waals surface area contributed by atoms with Crippen LogP contribution in [0.5, 0.6) is 11.5 Å². The van der Waals surface area contributed by atoms with Gasteiger partial charge < -0.3 is 10.5 Å². The number of hydrogen-bond donors (Lipinski definition) is 3. The fraction of sp³-hybridized carbons (Fsp3) is 0. The van der Waals surface area contributed by atoms with Gasteiger partial charge in [0.2, 0.25) is 0 Å². The second-order valence-electron chi connectivity index (χ2n) is 5.96. The molecule has 0 saturated heterocycles. The van der Waals surface area contributed by atoms with E-state index in [-0.39, 0.29) is 32.1 Å². The van der Waals surface area contributed by atoms with Crippen LogP contribution < -0.4 is 15.2 Å². The Balaban J connectivity index is 2.00. The molecule has 0 fully saturated rings. The predicted octanol–water partition coefficient (Wildman–Crippen LogP) is 4.42. The minimum Gasteiger partial charge on any atom is -0.456 e. The summed E-state index contributed by atoms with van der Waals surface area (Å²) in [6.45, 7) is 0. The Bertz CT molecular complexity index is 1310. The standard InChI is InChI=1S/C18H14Cl2N2O6S2/c19-13-10-17(14(20)9-15(13)21)29(23,24)22-11-6-7-16(18(8-11)30(25,26)27)28-12-4-2-1-3-5-12/h1-10,22H,21H2,(H,25,26,27). The summed E-state index contributed by atoms with van der Waals surface area (Å²) in [5.74, 6) is 0.124. The molecule has 3 rings (SSSR count). The summed E-state index contributed by atoms with van der Waals surface area (Å²) in [6.07, 6.45) is 0. The SMILES string of the molecule is Nc1cc(Cl)c(S(=O)(=O)Nc2ccc(Oc3ccccc3)c(S(=O)(=O)O)c2)cc1Cl. The van der Waals surface area contributed by atoms with Crippen LogP contribution in [0, 0.1) is 0 Å². The summed E-state index contributed by atoms with van der Waals surface area (Å²) < 4.78 is 66.2. The fourth-order valence-electron chi connectivity index (χ4n) is 2.43. The van der Waals surface area contributed by atoms with Crippen LogP contribution in [-0.4, -0.2) is 21.4 Å². The number of nitrogens with one attached hydrogen (secondary N) is 1. The van der Waals surface area contributed by atoms with Crippen molar-refractivity contribution >= 4 is 54.7 Å². The van der Waals surface area contributed by atoms with Gasteiger partial charge >= 0.3 is 0 Å². The van der Waals surface area contributed by atoms with Gasteiger partial charge in [-0.25, -0.2) is 8.42 Å². The molecule has 4 N–H and O–H groups in total. The molecule has 0 saturated carbocycles. The number of halogens is 2. The van der Waals surface area contributed by atoms with Gasteiger partial charge in [0, 0.05) is 0 Å². The smallest absolute Gasteiger partial charge is 0.298 e. The Hall–Kier alpha value is -2.50. The first-order chi connectivity index (χ1) is 14.0. The van der Waals surface area contributed by atoms with Crippen molar-refractivity contribution in [3.05, 3.63) is 70.7 Å². The van der Waals surface area contributed by atoms with E-state index in [2.05, 4.69) is 4.72 Å². The molecule has 3 aromatic rings. The lowest BCUT2D eigenvalue weighted by atomic mass is 10.3. The molecule has 0 aromatic heterocycles. The molecule has 0 bridgehead atoms. The Morgan fingerprint density at radius 2 is 1.53 bits per heavy atom. The molecule has 0 unspecified atom stereocenters. The normalized spacial score (nSPS) is 11.8. The first-order valence-corrected chi connectivity index (χ1v) is 11.8. The number of sulfonamides is 1. The van der Waals surface area contributed by atoms with Gasteiger partial charge in [-0.2, -0.15) is 8.42 Å². The highest BCUT2D eigenvalue weighted by molar-refractivity contribution is 7.92. The predicted molar refractivity (Wildman–Crippen MR) is 114 cm³/mol. The summed E-state index contributed by atoms with van der Waals surface area (Å²) in [7, 11) is -9.00. The maximum absolute atomic E-state index is 12.7. The van der Waals surface area contributed by atoms with E-state index in [9.17, 15) is 21.4 Å². The lowest BCUT2D eigenvalue weighted by Crippen LogP contribution is -2.14. The highest BCUT2D eigenvalue weighted by Crippen LogP contribution is 2.34. The van der Waals surface area contributed by atoms with E-state index in [1.165, 1.54) is 18.2 Å². The molecule has 0 aliphatic heterocycles. The van der Waals surface area contributed by atoms with Crippen molar-refractivity contribution in [1.29, 1.82) is 0 Å². The minimum atomic E-state index is -4.74. The number of nitrogens with two attached hydrogens (primary N) is 1. The molecule has 0 spiro atoms. The molecule has 3 aromatic carbocycles. The minimum absolute atomic E-state index is 0.0231. The van der Waals surface area contributed by atoms with Gasteiger partial charge in [-0.05, 0) is 42.5 Å². The van der Waals surface area contributed by atoms with Crippen LogP contribution in [0.4, 0.5) is 11.4 Å². The average Bonchev–Trinajstić information content (AvgIpc) is 2.65. The molecular formula is C18H14Cl2N2O6S2. The van der Waals surface area contributed by atoms with Gasteiger partial charge in [0.1, 0.15) is 21.3 Å². The van der Waals surface area contributed by atoms with Crippen LogP contribution in [0.25, 0.3) is 0 Å². The van der Waals surface area contributed by atoms with Gasteiger partial charge in [0.25, 0.3) is 20.1 Å².